The summed E-state index contributed by atoms with van der Waals surface area (Å²) in [7, 11) is 0. The van der Waals surface area contributed by atoms with Crippen LogP contribution in [0.25, 0.3) is 0 Å². The van der Waals surface area contributed by atoms with Crippen LogP contribution in [0.1, 0.15) is 35.0 Å². The van der Waals surface area contributed by atoms with Crippen molar-refractivity contribution < 1.29 is 14.3 Å². The number of hydrogen-bond donors (Lipinski definition) is 2. The smallest absolute Gasteiger partial charge is 0.371 e. The Balaban J connectivity index is 1.73. The van der Waals surface area contributed by atoms with Gasteiger partial charge in [-0.05, 0) is 18.9 Å². The molecule has 6 heteroatoms. The number of anilines is 2. The van der Waals surface area contributed by atoms with Crippen LogP contribution in [-0.4, -0.2) is 16.1 Å². The number of aromatic carboxylic acids is 1. The summed E-state index contributed by atoms with van der Waals surface area (Å²) in [5.74, 6) is -0.130. The summed E-state index contributed by atoms with van der Waals surface area (Å²) in [6.07, 6.45) is 2.43. The van der Waals surface area contributed by atoms with E-state index in [-0.39, 0.29) is 5.76 Å². The Kier molecular flexibility index (Phi) is 2.36. The Morgan fingerprint density at radius 1 is 1.53 bits per heavy atom. The van der Waals surface area contributed by atoms with Crippen molar-refractivity contribution in [3.8, 4) is 0 Å². The summed E-state index contributed by atoms with van der Waals surface area (Å²) in [6, 6.07) is 3.00. The van der Waals surface area contributed by atoms with Gasteiger partial charge in [0.1, 0.15) is 0 Å². The maximum Gasteiger partial charge on any atom is 0.371 e. The van der Waals surface area contributed by atoms with Gasteiger partial charge >= 0.3 is 5.97 Å². The highest BCUT2D eigenvalue weighted by atomic mass is 32.1. The second-order valence-corrected chi connectivity index (χ2v) is 4.80. The Hall–Kier alpha value is -1.82. The van der Waals surface area contributed by atoms with E-state index in [1.807, 2.05) is 5.38 Å². The van der Waals surface area contributed by atoms with Crippen LogP contribution in [0.5, 0.6) is 0 Å². The molecule has 0 atom stereocenters. The largest absolute Gasteiger partial charge is 0.475 e. The number of carboxylic acid groups (broad SMARTS) is 1. The Bertz CT molecular complexity index is 557. The molecule has 0 bridgehead atoms. The van der Waals surface area contributed by atoms with Crippen LogP contribution < -0.4 is 5.32 Å². The van der Waals surface area contributed by atoms with E-state index >= 15 is 0 Å². The number of carboxylic acids is 1. The van der Waals surface area contributed by atoms with Crippen molar-refractivity contribution in [2.45, 2.75) is 18.8 Å². The molecule has 0 amide bonds. The molecule has 2 N–H and O–H groups in total. The molecule has 1 aliphatic carbocycles. The van der Waals surface area contributed by atoms with Crippen molar-refractivity contribution in [3.05, 3.63) is 29.0 Å². The standard InChI is InChI=1S/C11H10N2O3S/c14-10(15)8-3-4-9(16-8)13-11-12-7(5-17-11)6-1-2-6/h3-6H,1-2H2,(H,12,13)(H,14,15). The van der Waals surface area contributed by atoms with Crippen LogP contribution in [0, 0.1) is 0 Å². The molecule has 0 aromatic carbocycles. The van der Waals surface area contributed by atoms with Gasteiger partial charge in [-0.15, -0.1) is 11.3 Å². The lowest BCUT2D eigenvalue weighted by Crippen LogP contribution is -1.92. The molecule has 0 aliphatic heterocycles. The Labute approximate surface area is 101 Å². The van der Waals surface area contributed by atoms with Gasteiger partial charge in [0.2, 0.25) is 5.76 Å². The fraction of sp³-hybridized carbons (Fsp3) is 0.273. The van der Waals surface area contributed by atoms with Crippen molar-refractivity contribution in [3.63, 3.8) is 0 Å². The number of thiazole rings is 1. The van der Waals surface area contributed by atoms with E-state index in [9.17, 15) is 4.79 Å². The first kappa shape index (κ1) is 10.3. The van der Waals surface area contributed by atoms with Gasteiger partial charge < -0.3 is 14.8 Å². The summed E-state index contributed by atoms with van der Waals surface area (Å²) < 4.78 is 5.09. The van der Waals surface area contributed by atoms with Gasteiger partial charge in [0, 0.05) is 17.4 Å². The van der Waals surface area contributed by atoms with Crippen LogP contribution in [0.3, 0.4) is 0 Å². The molecule has 88 valence electrons. The molecule has 0 radical (unpaired) electrons. The first-order valence-electron chi connectivity index (χ1n) is 5.28. The van der Waals surface area contributed by atoms with Crippen LogP contribution in [0.2, 0.25) is 0 Å². The number of furan rings is 1. The van der Waals surface area contributed by atoms with Gasteiger partial charge in [0.05, 0.1) is 5.69 Å². The summed E-state index contributed by atoms with van der Waals surface area (Å²) in [6.45, 7) is 0. The number of hydrogen-bond acceptors (Lipinski definition) is 5. The molecule has 2 aromatic rings. The van der Waals surface area contributed by atoms with Crippen LogP contribution >= 0.6 is 11.3 Å². The normalized spacial score (nSPS) is 14.8. The van der Waals surface area contributed by atoms with Gasteiger partial charge in [-0.1, -0.05) is 0 Å². The van der Waals surface area contributed by atoms with Crippen LogP contribution in [-0.2, 0) is 0 Å². The molecular formula is C11H10N2O3S. The molecule has 5 nitrogen and oxygen atoms in total. The third-order valence-corrected chi connectivity index (χ3v) is 3.34. The maximum atomic E-state index is 10.6. The number of aromatic nitrogens is 1. The highest BCUT2D eigenvalue weighted by molar-refractivity contribution is 7.13. The third-order valence-electron chi connectivity index (χ3n) is 2.56. The predicted molar refractivity (Wildman–Crippen MR) is 63.0 cm³/mol. The molecule has 1 saturated carbocycles. The highest BCUT2D eigenvalue weighted by Gasteiger charge is 2.26. The SMILES string of the molecule is O=C(O)c1ccc(Nc2nc(C3CC3)cs2)o1. The zero-order valence-corrected chi connectivity index (χ0v) is 9.66. The van der Waals surface area contributed by atoms with Gasteiger partial charge in [-0.25, -0.2) is 9.78 Å². The first-order valence-corrected chi connectivity index (χ1v) is 6.16. The van der Waals surface area contributed by atoms with Gasteiger partial charge in [-0.2, -0.15) is 0 Å². The number of nitrogens with one attached hydrogen (secondary N) is 1. The maximum absolute atomic E-state index is 10.6. The minimum Gasteiger partial charge on any atom is -0.475 e. The zero-order valence-electron chi connectivity index (χ0n) is 8.84. The van der Waals surface area contributed by atoms with Crippen LogP contribution in [0.4, 0.5) is 11.0 Å². The number of rotatable bonds is 4. The molecular weight excluding hydrogens is 240 g/mol. The highest BCUT2D eigenvalue weighted by Crippen LogP contribution is 2.41. The Morgan fingerprint density at radius 2 is 2.35 bits per heavy atom. The zero-order chi connectivity index (χ0) is 11.8. The monoisotopic (exact) mass is 250 g/mol. The lowest BCUT2D eigenvalue weighted by Gasteiger charge is -1.96. The Morgan fingerprint density at radius 3 is 3.00 bits per heavy atom. The molecule has 2 heterocycles. The van der Waals surface area contributed by atoms with E-state index in [1.165, 1.54) is 30.2 Å². The van der Waals surface area contributed by atoms with Crippen molar-refractivity contribution in [2.75, 3.05) is 5.32 Å². The molecule has 3 rings (SSSR count). The third kappa shape index (κ3) is 2.16. The summed E-state index contributed by atoms with van der Waals surface area (Å²) in [5.41, 5.74) is 1.11. The van der Waals surface area contributed by atoms with E-state index in [0.717, 1.165) is 10.8 Å². The van der Waals surface area contributed by atoms with Gasteiger partial charge in [-0.3, -0.25) is 0 Å². The predicted octanol–water partition coefficient (Wildman–Crippen LogP) is 3.06. The second-order valence-electron chi connectivity index (χ2n) is 3.95. The van der Waals surface area contributed by atoms with Crippen molar-refractivity contribution in [1.82, 2.24) is 4.98 Å². The molecule has 0 spiro atoms. The molecule has 17 heavy (non-hydrogen) atoms. The van der Waals surface area contributed by atoms with Crippen LogP contribution in [0.15, 0.2) is 21.9 Å². The average Bonchev–Trinajstić information content (AvgIpc) is 2.87. The molecule has 0 saturated heterocycles. The average molecular weight is 250 g/mol. The van der Waals surface area contributed by atoms with Gasteiger partial charge in [0.25, 0.3) is 0 Å². The molecule has 0 unspecified atom stereocenters. The first-order chi connectivity index (χ1) is 8.22. The van der Waals surface area contributed by atoms with E-state index in [2.05, 4.69) is 10.3 Å². The number of nitrogens with zero attached hydrogens (tertiary/aromatic N) is 1. The minimum absolute atomic E-state index is 0.0773. The summed E-state index contributed by atoms with van der Waals surface area (Å²) >= 11 is 1.50. The van der Waals surface area contributed by atoms with Crippen molar-refractivity contribution >= 4 is 28.3 Å². The van der Waals surface area contributed by atoms with E-state index in [0.29, 0.717) is 11.8 Å². The second kappa shape index (κ2) is 3.89. The summed E-state index contributed by atoms with van der Waals surface area (Å²) in [4.78, 5) is 15.1. The topological polar surface area (TPSA) is 75.4 Å². The number of carbonyl (C=O) groups is 1. The lowest BCUT2D eigenvalue weighted by atomic mass is 10.3. The van der Waals surface area contributed by atoms with Crippen molar-refractivity contribution in [2.24, 2.45) is 0 Å². The van der Waals surface area contributed by atoms with Crippen molar-refractivity contribution in [1.29, 1.82) is 0 Å². The van der Waals surface area contributed by atoms with E-state index in [4.69, 9.17) is 9.52 Å². The molecule has 1 fully saturated rings. The fourth-order valence-corrected chi connectivity index (χ4v) is 2.33. The fourth-order valence-electron chi connectivity index (χ4n) is 1.54. The van der Waals surface area contributed by atoms with E-state index in [1.54, 1.807) is 6.07 Å². The lowest BCUT2D eigenvalue weighted by molar-refractivity contribution is 0.0663. The molecule has 1 aliphatic rings. The molecule has 2 aromatic heterocycles. The van der Waals surface area contributed by atoms with Gasteiger partial charge in [0.15, 0.2) is 11.0 Å². The minimum atomic E-state index is -1.07. The summed E-state index contributed by atoms with van der Waals surface area (Å²) in [5, 5.41) is 14.4. The quantitative estimate of drug-likeness (QED) is 0.872. The van der Waals surface area contributed by atoms with E-state index < -0.39 is 5.97 Å².